The van der Waals surface area contributed by atoms with E-state index in [1.165, 1.54) is 7.11 Å². The first-order chi connectivity index (χ1) is 8.42. The van der Waals surface area contributed by atoms with Crippen molar-refractivity contribution in [2.24, 2.45) is 5.73 Å². The monoisotopic (exact) mass is 260 g/mol. The molecule has 1 amide bonds. The number of hydrogen-bond donors (Lipinski definition) is 3. The molecule has 7 heteroatoms. The molecular weight excluding hydrogens is 240 g/mol. The molecule has 0 heterocycles. The lowest BCUT2D eigenvalue weighted by Gasteiger charge is -2.18. The first-order valence-electron chi connectivity index (χ1n) is 5.77. The van der Waals surface area contributed by atoms with Crippen LogP contribution in [0.1, 0.15) is 32.6 Å². The second kappa shape index (κ2) is 8.46. The molecule has 0 saturated carbocycles. The number of unbranched alkanes of at least 4 members (excludes halogenated alkanes) is 1. The van der Waals surface area contributed by atoms with Gasteiger partial charge < -0.3 is 20.9 Å². The minimum Gasteiger partial charge on any atom is -0.481 e. The largest absolute Gasteiger partial charge is 0.481 e. The van der Waals surface area contributed by atoms with Crippen LogP contribution in [0.15, 0.2) is 0 Å². The highest BCUT2D eigenvalue weighted by Gasteiger charge is 2.24. The SMILES string of the molecule is CCCCC(NC(=O)C(N)CC(=O)O)C(=O)OC. The lowest BCUT2D eigenvalue weighted by atomic mass is 10.1. The molecule has 18 heavy (non-hydrogen) atoms. The van der Waals surface area contributed by atoms with Crippen LogP contribution in [0.2, 0.25) is 0 Å². The number of carbonyl (C=O) groups excluding carboxylic acids is 2. The normalized spacial score (nSPS) is 13.5. The van der Waals surface area contributed by atoms with Gasteiger partial charge >= 0.3 is 11.9 Å². The predicted molar refractivity (Wildman–Crippen MR) is 63.7 cm³/mol. The van der Waals surface area contributed by atoms with E-state index in [1.807, 2.05) is 6.92 Å². The number of nitrogens with two attached hydrogens (primary N) is 1. The van der Waals surface area contributed by atoms with Crippen LogP contribution in [0.25, 0.3) is 0 Å². The minimum atomic E-state index is -1.17. The molecule has 0 aromatic heterocycles. The number of methoxy groups -OCH3 is 1. The van der Waals surface area contributed by atoms with Crippen molar-refractivity contribution in [2.75, 3.05) is 7.11 Å². The lowest BCUT2D eigenvalue weighted by Crippen LogP contribution is -2.49. The number of hydrogen-bond acceptors (Lipinski definition) is 5. The van der Waals surface area contributed by atoms with Crippen molar-refractivity contribution in [1.82, 2.24) is 5.32 Å². The smallest absolute Gasteiger partial charge is 0.328 e. The van der Waals surface area contributed by atoms with Gasteiger partial charge in [0.2, 0.25) is 5.91 Å². The molecule has 0 aromatic rings. The van der Waals surface area contributed by atoms with Crippen LogP contribution in [0.4, 0.5) is 0 Å². The Hall–Kier alpha value is -1.63. The fourth-order valence-corrected chi connectivity index (χ4v) is 1.36. The quantitative estimate of drug-likeness (QED) is 0.513. The molecule has 2 atom stereocenters. The Morgan fingerprint density at radius 3 is 2.44 bits per heavy atom. The van der Waals surface area contributed by atoms with Crippen LogP contribution in [0.3, 0.4) is 0 Å². The van der Waals surface area contributed by atoms with Crippen molar-refractivity contribution in [3.8, 4) is 0 Å². The number of amides is 1. The summed E-state index contributed by atoms with van der Waals surface area (Å²) < 4.78 is 4.56. The van der Waals surface area contributed by atoms with Gasteiger partial charge in [-0.25, -0.2) is 4.79 Å². The Morgan fingerprint density at radius 2 is 2.00 bits per heavy atom. The van der Waals surface area contributed by atoms with Crippen LogP contribution < -0.4 is 11.1 Å². The van der Waals surface area contributed by atoms with Gasteiger partial charge in [-0.3, -0.25) is 9.59 Å². The molecular formula is C11H20N2O5. The molecule has 104 valence electrons. The Morgan fingerprint density at radius 1 is 1.39 bits per heavy atom. The molecule has 7 nitrogen and oxygen atoms in total. The fourth-order valence-electron chi connectivity index (χ4n) is 1.36. The van der Waals surface area contributed by atoms with Crippen LogP contribution in [-0.4, -0.2) is 42.1 Å². The summed E-state index contributed by atoms with van der Waals surface area (Å²) in [6, 6.07) is -1.95. The predicted octanol–water partition coefficient (Wildman–Crippen LogP) is -0.364. The number of ether oxygens (including phenoxy) is 1. The van der Waals surface area contributed by atoms with Crippen molar-refractivity contribution in [2.45, 2.75) is 44.7 Å². The van der Waals surface area contributed by atoms with Gasteiger partial charge in [-0.2, -0.15) is 0 Å². The highest BCUT2D eigenvalue weighted by molar-refractivity contribution is 5.89. The summed E-state index contributed by atoms with van der Waals surface area (Å²) in [6.45, 7) is 1.95. The molecule has 0 bridgehead atoms. The number of carboxylic acids is 1. The Balaban J connectivity index is 4.42. The summed E-state index contributed by atoms with van der Waals surface area (Å²) >= 11 is 0. The fraction of sp³-hybridized carbons (Fsp3) is 0.727. The van der Waals surface area contributed by atoms with Gasteiger partial charge in [0.25, 0.3) is 0 Å². The Kier molecular flexibility index (Phi) is 7.69. The maximum Gasteiger partial charge on any atom is 0.328 e. The van der Waals surface area contributed by atoms with Gasteiger partial charge in [0.05, 0.1) is 19.6 Å². The second-order valence-electron chi connectivity index (χ2n) is 3.93. The van der Waals surface area contributed by atoms with Gasteiger partial charge in [-0.1, -0.05) is 19.8 Å². The van der Waals surface area contributed by atoms with E-state index in [1.54, 1.807) is 0 Å². The summed E-state index contributed by atoms with van der Waals surface area (Å²) in [7, 11) is 1.23. The third-order valence-corrected chi connectivity index (χ3v) is 2.38. The minimum absolute atomic E-state index is 0.439. The molecule has 4 N–H and O–H groups in total. The summed E-state index contributed by atoms with van der Waals surface area (Å²) in [5.74, 6) is -2.39. The third kappa shape index (κ3) is 6.19. The topological polar surface area (TPSA) is 119 Å². The maximum atomic E-state index is 11.6. The molecule has 0 saturated heterocycles. The first-order valence-corrected chi connectivity index (χ1v) is 5.77. The molecule has 0 spiro atoms. The van der Waals surface area contributed by atoms with E-state index in [-0.39, 0.29) is 0 Å². The van der Waals surface area contributed by atoms with E-state index in [2.05, 4.69) is 10.1 Å². The van der Waals surface area contributed by atoms with E-state index in [4.69, 9.17) is 10.8 Å². The number of carbonyl (C=O) groups is 3. The molecule has 0 fully saturated rings. The van der Waals surface area contributed by atoms with Crippen LogP contribution in [0.5, 0.6) is 0 Å². The first kappa shape index (κ1) is 16.4. The number of rotatable bonds is 8. The Labute approximate surface area is 106 Å². The lowest BCUT2D eigenvalue weighted by molar-refractivity contribution is -0.145. The molecule has 0 aliphatic heterocycles. The standard InChI is InChI=1S/C11H20N2O5/c1-3-4-5-8(11(17)18-2)13-10(16)7(12)6-9(14)15/h7-8H,3-6,12H2,1-2H3,(H,13,16)(H,14,15). The van der Waals surface area contributed by atoms with Crippen LogP contribution in [-0.2, 0) is 19.1 Å². The molecule has 0 aromatic carbocycles. The number of carboxylic acid groups (broad SMARTS) is 1. The van der Waals surface area contributed by atoms with Gasteiger partial charge in [0, 0.05) is 0 Å². The molecule has 0 aliphatic rings. The van der Waals surface area contributed by atoms with E-state index in [9.17, 15) is 14.4 Å². The number of nitrogens with one attached hydrogen (secondary N) is 1. The molecule has 0 rings (SSSR count). The summed E-state index contributed by atoms with van der Waals surface area (Å²) in [5.41, 5.74) is 5.39. The maximum absolute atomic E-state index is 11.6. The zero-order chi connectivity index (χ0) is 14.1. The molecule has 2 unspecified atom stereocenters. The zero-order valence-corrected chi connectivity index (χ0v) is 10.6. The van der Waals surface area contributed by atoms with Crippen molar-refractivity contribution in [3.05, 3.63) is 0 Å². The van der Waals surface area contributed by atoms with Gasteiger partial charge in [-0.15, -0.1) is 0 Å². The summed E-state index contributed by atoms with van der Waals surface area (Å²) in [4.78, 5) is 33.4. The van der Waals surface area contributed by atoms with E-state index >= 15 is 0 Å². The molecule has 0 radical (unpaired) electrons. The number of aliphatic carboxylic acids is 1. The Bertz CT molecular complexity index is 306. The average Bonchev–Trinajstić information content (AvgIpc) is 2.32. The summed E-state index contributed by atoms with van der Waals surface area (Å²) in [6.07, 6.45) is 1.57. The van der Waals surface area contributed by atoms with Gasteiger partial charge in [0.1, 0.15) is 6.04 Å². The van der Waals surface area contributed by atoms with Crippen molar-refractivity contribution in [1.29, 1.82) is 0 Å². The third-order valence-electron chi connectivity index (χ3n) is 2.38. The van der Waals surface area contributed by atoms with Crippen molar-refractivity contribution in [3.63, 3.8) is 0 Å². The van der Waals surface area contributed by atoms with E-state index < -0.39 is 36.4 Å². The van der Waals surface area contributed by atoms with Gasteiger partial charge in [0.15, 0.2) is 0 Å². The van der Waals surface area contributed by atoms with E-state index in [0.29, 0.717) is 6.42 Å². The highest BCUT2D eigenvalue weighted by atomic mass is 16.5. The average molecular weight is 260 g/mol. The number of esters is 1. The summed E-state index contributed by atoms with van der Waals surface area (Å²) in [5, 5.41) is 10.9. The molecule has 0 aliphatic carbocycles. The van der Waals surface area contributed by atoms with Crippen molar-refractivity contribution < 1.29 is 24.2 Å². The van der Waals surface area contributed by atoms with E-state index in [0.717, 1.165) is 12.8 Å². The zero-order valence-electron chi connectivity index (χ0n) is 10.6. The second-order valence-corrected chi connectivity index (χ2v) is 3.93. The van der Waals surface area contributed by atoms with Gasteiger partial charge in [-0.05, 0) is 6.42 Å². The van der Waals surface area contributed by atoms with Crippen LogP contribution in [0, 0.1) is 0 Å². The van der Waals surface area contributed by atoms with Crippen molar-refractivity contribution >= 4 is 17.8 Å². The van der Waals surface area contributed by atoms with Crippen LogP contribution >= 0.6 is 0 Å². The highest BCUT2D eigenvalue weighted by Crippen LogP contribution is 2.03.